The van der Waals surface area contributed by atoms with Crippen molar-refractivity contribution in [2.24, 2.45) is 0 Å². The van der Waals surface area contributed by atoms with Gasteiger partial charge in [0.15, 0.2) is 0 Å². The van der Waals surface area contributed by atoms with Crippen LogP contribution in [0.15, 0.2) is 253 Å². The van der Waals surface area contributed by atoms with Crippen LogP contribution in [-0.4, -0.2) is 0 Å². The molecule has 0 aliphatic carbocycles. The molecule has 2 nitrogen and oxygen atoms in total. The van der Waals surface area contributed by atoms with Gasteiger partial charge in [-0.2, -0.15) is 0 Å². The van der Waals surface area contributed by atoms with Gasteiger partial charge in [-0.05, 0) is 110 Å². The molecule has 11 aromatic rings. The van der Waals surface area contributed by atoms with Crippen LogP contribution in [0.25, 0.3) is 88.7 Å². The average molecular weight is 792 g/mol. The van der Waals surface area contributed by atoms with Gasteiger partial charge in [0.05, 0.1) is 0 Å². The third kappa shape index (κ3) is 7.14. The second kappa shape index (κ2) is 16.1. The molecule has 0 saturated carbocycles. The number of furan rings is 1. The van der Waals surface area contributed by atoms with Crippen molar-refractivity contribution >= 4 is 39.0 Å². The van der Waals surface area contributed by atoms with Gasteiger partial charge in [0, 0.05) is 33.4 Å². The van der Waals surface area contributed by atoms with Gasteiger partial charge in [-0.15, -0.1) is 0 Å². The van der Waals surface area contributed by atoms with Gasteiger partial charge < -0.3 is 9.32 Å². The van der Waals surface area contributed by atoms with Crippen LogP contribution >= 0.6 is 0 Å². The van der Waals surface area contributed by atoms with Crippen LogP contribution in [0.5, 0.6) is 0 Å². The lowest BCUT2D eigenvalue weighted by atomic mass is 9.97. The van der Waals surface area contributed by atoms with Crippen LogP contribution in [0, 0.1) is 0 Å². The highest BCUT2D eigenvalue weighted by molar-refractivity contribution is 6.09. The number of hydrogen-bond donors (Lipinski definition) is 0. The highest BCUT2D eigenvalue weighted by atomic mass is 16.3. The second-order valence-electron chi connectivity index (χ2n) is 15.7. The zero-order valence-electron chi connectivity index (χ0n) is 34.0. The zero-order chi connectivity index (χ0) is 41.2. The third-order valence-electron chi connectivity index (χ3n) is 11.9. The van der Waals surface area contributed by atoms with Gasteiger partial charge >= 0.3 is 0 Å². The molecule has 0 N–H and O–H groups in total. The average Bonchev–Trinajstić information content (AvgIpc) is 3.75. The normalized spacial score (nSPS) is 11.2. The van der Waals surface area contributed by atoms with Crippen molar-refractivity contribution in [1.29, 1.82) is 0 Å². The summed E-state index contributed by atoms with van der Waals surface area (Å²) in [5.41, 5.74) is 19.2. The van der Waals surface area contributed by atoms with E-state index in [4.69, 9.17) is 4.42 Å². The van der Waals surface area contributed by atoms with E-state index in [9.17, 15) is 0 Å². The van der Waals surface area contributed by atoms with Gasteiger partial charge in [-0.25, -0.2) is 0 Å². The quantitative estimate of drug-likeness (QED) is 0.145. The lowest BCUT2D eigenvalue weighted by molar-refractivity contribution is 0.670. The topological polar surface area (TPSA) is 16.4 Å². The summed E-state index contributed by atoms with van der Waals surface area (Å²) >= 11 is 0. The van der Waals surface area contributed by atoms with E-state index >= 15 is 0 Å². The molecule has 2 heteroatoms. The van der Waals surface area contributed by atoms with E-state index in [1.165, 1.54) is 44.5 Å². The van der Waals surface area contributed by atoms with Crippen molar-refractivity contribution in [3.05, 3.63) is 249 Å². The molecule has 0 saturated heterocycles. The Morgan fingerprint density at radius 2 is 0.581 bits per heavy atom. The Kier molecular flexibility index (Phi) is 9.57. The van der Waals surface area contributed by atoms with Crippen LogP contribution in [0.3, 0.4) is 0 Å². The number of fused-ring (bicyclic) bond motifs is 3. The second-order valence-corrected chi connectivity index (χ2v) is 15.7. The fraction of sp³-hybridized carbons (Fsp3) is 0. The Morgan fingerprint density at radius 3 is 1.06 bits per heavy atom. The molecule has 1 aromatic heterocycles. The maximum atomic E-state index is 6.41. The summed E-state index contributed by atoms with van der Waals surface area (Å²) in [4.78, 5) is 2.34. The van der Waals surface area contributed by atoms with Crippen LogP contribution in [0.4, 0.5) is 17.1 Å². The van der Waals surface area contributed by atoms with Crippen LogP contribution in [-0.2, 0) is 0 Å². The maximum absolute atomic E-state index is 6.41. The van der Waals surface area contributed by atoms with Gasteiger partial charge in [0.2, 0.25) is 0 Å². The molecule has 11 rings (SSSR count). The molecule has 62 heavy (non-hydrogen) atoms. The Balaban J connectivity index is 0.918. The molecular weight excluding hydrogens is 751 g/mol. The van der Waals surface area contributed by atoms with Crippen molar-refractivity contribution in [3.63, 3.8) is 0 Å². The van der Waals surface area contributed by atoms with Gasteiger partial charge in [-0.1, -0.05) is 200 Å². The van der Waals surface area contributed by atoms with E-state index in [1.807, 2.05) is 12.1 Å². The fourth-order valence-electron chi connectivity index (χ4n) is 8.67. The maximum Gasteiger partial charge on any atom is 0.143 e. The number of anilines is 3. The first-order valence-corrected chi connectivity index (χ1v) is 21.2. The van der Waals surface area contributed by atoms with Gasteiger partial charge in [0.1, 0.15) is 11.2 Å². The Hall–Kier alpha value is -8.20. The molecular formula is C60H41NO. The summed E-state index contributed by atoms with van der Waals surface area (Å²) in [7, 11) is 0. The summed E-state index contributed by atoms with van der Waals surface area (Å²) in [5.74, 6) is 0. The first-order chi connectivity index (χ1) is 30.7. The third-order valence-corrected chi connectivity index (χ3v) is 11.9. The molecule has 0 aliphatic heterocycles. The van der Waals surface area contributed by atoms with E-state index in [1.54, 1.807) is 0 Å². The van der Waals surface area contributed by atoms with E-state index in [0.29, 0.717) is 0 Å². The highest BCUT2D eigenvalue weighted by Crippen LogP contribution is 2.40. The van der Waals surface area contributed by atoms with Crippen molar-refractivity contribution < 1.29 is 4.42 Å². The molecule has 0 atom stereocenters. The fourth-order valence-corrected chi connectivity index (χ4v) is 8.67. The predicted molar refractivity (Wildman–Crippen MR) is 261 cm³/mol. The minimum Gasteiger partial charge on any atom is -0.455 e. The van der Waals surface area contributed by atoms with Gasteiger partial charge in [0.25, 0.3) is 0 Å². The number of rotatable bonds is 9. The monoisotopic (exact) mass is 791 g/mol. The summed E-state index contributed by atoms with van der Waals surface area (Å²) in [6, 6.07) is 88.9. The van der Waals surface area contributed by atoms with E-state index < -0.39 is 0 Å². The van der Waals surface area contributed by atoms with Crippen LogP contribution in [0.1, 0.15) is 0 Å². The SMILES string of the molecule is c1ccc(-c2ccc(-c3ccc(N(c4ccc(-c5ccc(-c6ccccc6)cc5)cc4)c4ccc(-c5cccc(-c6cccc7c6oc6ccccc67)c5)cc4)cc3)cc2)cc1. The minimum atomic E-state index is 0.908. The number of benzene rings is 10. The summed E-state index contributed by atoms with van der Waals surface area (Å²) in [6.07, 6.45) is 0. The summed E-state index contributed by atoms with van der Waals surface area (Å²) in [5, 5.41) is 2.27. The first kappa shape index (κ1) is 36.8. The molecule has 0 spiro atoms. The lowest BCUT2D eigenvalue weighted by Gasteiger charge is -2.26. The molecule has 1 heterocycles. The molecule has 0 unspecified atom stereocenters. The zero-order valence-corrected chi connectivity index (χ0v) is 34.0. The Bertz CT molecular complexity index is 3150. The molecule has 0 radical (unpaired) electrons. The molecule has 292 valence electrons. The summed E-state index contributed by atoms with van der Waals surface area (Å²) < 4.78 is 6.41. The smallest absolute Gasteiger partial charge is 0.143 e. The molecule has 0 bridgehead atoms. The van der Waals surface area contributed by atoms with Gasteiger partial charge in [-0.3, -0.25) is 0 Å². The number of para-hydroxylation sites is 2. The minimum absolute atomic E-state index is 0.908. The standard InChI is InChI=1S/C60H41NO/c1-3-11-42(12-4-1)44-21-25-46(26-22-44)48-29-35-53(36-30-48)61(54-37-31-49(32-38-54)47-27-23-45(24-28-47)43-13-5-2-6-14-43)55-39-33-50(34-40-55)51-15-9-16-52(41-51)56-18-10-19-58-57-17-7-8-20-59(57)62-60(56)58/h1-41H. The van der Waals surface area contributed by atoms with Crippen LogP contribution in [0.2, 0.25) is 0 Å². The summed E-state index contributed by atoms with van der Waals surface area (Å²) in [6.45, 7) is 0. The van der Waals surface area contributed by atoms with Crippen molar-refractivity contribution in [1.82, 2.24) is 0 Å². The molecule has 0 aliphatic rings. The van der Waals surface area contributed by atoms with E-state index in [2.05, 4.69) is 241 Å². The van der Waals surface area contributed by atoms with Crippen molar-refractivity contribution in [2.75, 3.05) is 4.90 Å². The lowest BCUT2D eigenvalue weighted by Crippen LogP contribution is -2.09. The Labute approximate surface area is 362 Å². The molecule has 10 aromatic carbocycles. The number of nitrogens with zero attached hydrogens (tertiary/aromatic N) is 1. The largest absolute Gasteiger partial charge is 0.455 e. The molecule has 0 amide bonds. The first-order valence-electron chi connectivity index (χ1n) is 21.2. The van der Waals surface area contributed by atoms with Crippen molar-refractivity contribution in [3.8, 4) is 66.8 Å². The Morgan fingerprint density at radius 1 is 0.242 bits per heavy atom. The molecule has 0 fully saturated rings. The number of hydrogen-bond acceptors (Lipinski definition) is 2. The van der Waals surface area contributed by atoms with E-state index in [0.717, 1.165) is 61.3 Å². The predicted octanol–water partition coefficient (Wildman–Crippen LogP) is 17.1. The van der Waals surface area contributed by atoms with Crippen LogP contribution < -0.4 is 4.90 Å². The highest BCUT2D eigenvalue weighted by Gasteiger charge is 2.16. The van der Waals surface area contributed by atoms with Crippen molar-refractivity contribution in [2.45, 2.75) is 0 Å². The van der Waals surface area contributed by atoms with E-state index in [-0.39, 0.29) is 0 Å².